The molecule has 0 aromatic rings. The van der Waals surface area contributed by atoms with Crippen molar-refractivity contribution >= 4 is 13.8 Å². The SMILES string of the molecule is CC/C=C\C/C=C\C/C=C\CCCCCCCCCCOCC(COP(=O)(O)OCCN)OC(=O)CCCCCCCCCCCCCCCCCCCCCC. The van der Waals surface area contributed by atoms with Crippen LogP contribution in [0.4, 0.5) is 0 Å². The standard InChI is InChI=1S/C48H92NO7P/c1-3-5-7-9-11-13-15-17-19-21-23-24-25-27-29-31-33-35-37-39-41-48(50)56-47(46-55-57(51,52)54-44-42-49)45-53-43-40-38-36-34-32-30-28-26-22-20-18-16-14-12-10-8-6-4-2/h6,8,12,14,18,20,47H,3-5,7,9-11,13,15-17,19,21-46,49H2,1-2H3,(H,51,52)/b8-6-,14-12-,20-18-. The average Bonchev–Trinajstić information content (AvgIpc) is 3.20. The number of nitrogens with two attached hydrogens (primary N) is 1. The second-order valence-electron chi connectivity index (χ2n) is 16.0. The highest BCUT2D eigenvalue weighted by Crippen LogP contribution is 2.43. The van der Waals surface area contributed by atoms with Crippen molar-refractivity contribution in [3.8, 4) is 0 Å². The number of ether oxygens (including phenoxy) is 2. The summed E-state index contributed by atoms with van der Waals surface area (Å²) in [4.78, 5) is 22.6. The summed E-state index contributed by atoms with van der Waals surface area (Å²) in [6.45, 7) is 4.83. The molecular weight excluding hydrogens is 734 g/mol. The van der Waals surface area contributed by atoms with Gasteiger partial charge in [-0.15, -0.1) is 0 Å². The average molecular weight is 826 g/mol. The van der Waals surface area contributed by atoms with E-state index in [4.69, 9.17) is 24.3 Å². The van der Waals surface area contributed by atoms with Gasteiger partial charge in [-0.3, -0.25) is 13.8 Å². The Morgan fingerprint density at radius 1 is 0.544 bits per heavy atom. The lowest BCUT2D eigenvalue weighted by Gasteiger charge is -2.20. The zero-order valence-electron chi connectivity index (χ0n) is 37.3. The van der Waals surface area contributed by atoms with E-state index in [-0.39, 0.29) is 32.3 Å². The molecule has 0 fully saturated rings. The molecule has 0 spiro atoms. The van der Waals surface area contributed by atoms with Crippen molar-refractivity contribution < 1.29 is 32.8 Å². The van der Waals surface area contributed by atoms with Crippen molar-refractivity contribution in [1.29, 1.82) is 0 Å². The zero-order chi connectivity index (χ0) is 41.6. The van der Waals surface area contributed by atoms with Gasteiger partial charge in [0.05, 0.1) is 19.8 Å². The van der Waals surface area contributed by atoms with E-state index in [1.165, 1.54) is 154 Å². The van der Waals surface area contributed by atoms with E-state index in [2.05, 4.69) is 50.3 Å². The predicted molar refractivity (Wildman–Crippen MR) is 243 cm³/mol. The van der Waals surface area contributed by atoms with Gasteiger partial charge in [-0.05, 0) is 44.9 Å². The number of phosphoric ester groups is 1. The highest BCUT2D eigenvalue weighted by molar-refractivity contribution is 7.47. The molecule has 0 aliphatic carbocycles. The summed E-state index contributed by atoms with van der Waals surface area (Å²) in [5.74, 6) is -0.329. The number of allylic oxidation sites excluding steroid dienone is 6. The third-order valence-electron chi connectivity index (χ3n) is 10.3. The molecule has 3 N–H and O–H groups in total. The van der Waals surface area contributed by atoms with Crippen LogP contribution in [-0.4, -0.2) is 49.9 Å². The van der Waals surface area contributed by atoms with Gasteiger partial charge >= 0.3 is 13.8 Å². The van der Waals surface area contributed by atoms with Crippen LogP contribution in [0.5, 0.6) is 0 Å². The predicted octanol–water partition coefficient (Wildman–Crippen LogP) is 14.6. The minimum atomic E-state index is -4.28. The lowest BCUT2D eigenvalue weighted by molar-refractivity contribution is -0.154. The minimum Gasteiger partial charge on any atom is -0.457 e. The van der Waals surface area contributed by atoms with Crippen molar-refractivity contribution in [3.63, 3.8) is 0 Å². The molecule has 336 valence electrons. The summed E-state index contributed by atoms with van der Waals surface area (Å²) in [5, 5.41) is 0. The second-order valence-corrected chi connectivity index (χ2v) is 17.4. The first-order valence-electron chi connectivity index (χ1n) is 24.0. The van der Waals surface area contributed by atoms with E-state index in [9.17, 15) is 14.3 Å². The van der Waals surface area contributed by atoms with E-state index in [1.807, 2.05) is 0 Å². The summed E-state index contributed by atoms with van der Waals surface area (Å²) in [6, 6.07) is 0. The molecule has 8 nitrogen and oxygen atoms in total. The molecule has 0 amide bonds. The molecule has 0 radical (unpaired) electrons. The Labute approximate surface area is 352 Å². The Hall–Kier alpha value is -1.28. The molecule has 0 heterocycles. The highest BCUT2D eigenvalue weighted by Gasteiger charge is 2.25. The highest BCUT2D eigenvalue weighted by atomic mass is 31.2. The van der Waals surface area contributed by atoms with E-state index in [0.29, 0.717) is 13.0 Å². The van der Waals surface area contributed by atoms with E-state index in [0.717, 1.165) is 51.4 Å². The summed E-state index contributed by atoms with van der Waals surface area (Å²) < 4.78 is 33.5. The number of phosphoric acid groups is 1. The van der Waals surface area contributed by atoms with Crippen molar-refractivity contribution in [2.45, 2.75) is 232 Å². The van der Waals surface area contributed by atoms with Crippen molar-refractivity contribution in [3.05, 3.63) is 36.5 Å². The Bertz CT molecular complexity index is 972. The maximum atomic E-state index is 12.6. The summed E-state index contributed by atoms with van der Waals surface area (Å²) in [5.41, 5.74) is 5.38. The van der Waals surface area contributed by atoms with Crippen LogP contribution in [0.2, 0.25) is 0 Å². The number of hydrogen-bond donors (Lipinski definition) is 2. The molecule has 0 aliphatic rings. The molecule has 0 rings (SSSR count). The van der Waals surface area contributed by atoms with Crippen molar-refractivity contribution in [1.82, 2.24) is 0 Å². The Balaban J connectivity index is 3.95. The van der Waals surface area contributed by atoms with Crippen LogP contribution < -0.4 is 5.73 Å². The monoisotopic (exact) mass is 826 g/mol. The molecule has 0 saturated heterocycles. The number of hydrogen-bond acceptors (Lipinski definition) is 7. The van der Waals surface area contributed by atoms with Crippen LogP contribution in [0.3, 0.4) is 0 Å². The second kappa shape index (κ2) is 45.8. The maximum absolute atomic E-state index is 12.6. The van der Waals surface area contributed by atoms with Gasteiger partial charge in [0.1, 0.15) is 6.10 Å². The lowest BCUT2D eigenvalue weighted by atomic mass is 10.0. The van der Waals surface area contributed by atoms with Crippen molar-refractivity contribution in [2.24, 2.45) is 5.73 Å². The molecule has 0 aliphatic heterocycles. The molecule has 9 heteroatoms. The van der Waals surface area contributed by atoms with Gasteiger partial charge in [0.2, 0.25) is 0 Å². The Morgan fingerprint density at radius 2 is 0.982 bits per heavy atom. The first-order valence-corrected chi connectivity index (χ1v) is 25.5. The van der Waals surface area contributed by atoms with E-state index in [1.54, 1.807) is 0 Å². The summed E-state index contributed by atoms with van der Waals surface area (Å²) in [6.07, 6.45) is 53.1. The lowest BCUT2D eigenvalue weighted by Crippen LogP contribution is -2.28. The van der Waals surface area contributed by atoms with Crippen LogP contribution in [0.15, 0.2) is 36.5 Å². The van der Waals surface area contributed by atoms with Crippen LogP contribution in [0, 0.1) is 0 Å². The zero-order valence-corrected chi connectivity index (χ0v) is 38.2. The summed E-state index contributed by atoms with van der Waals surface area (Å²) >= 11 is 0. The molecule has 57 heavy (non-hydrogen) atoms. The van der Waals surface area contributed by atoms with Crippen LogP contribution in [-0.2, 0) is 27.9 Å². The van der Waals surface area contributed by atoms with Gasteiger partial charge in [-0.1, -0.05) is 211 Å². The fourth-order valence-electron chi connectivity index (χ4n) is 6.84. The van der Waals surface area contributed by atoms with Gasteiger partial charge in [0, 0.05) is 19.6 Å². The first kappa shape index (κ1) is 55.7. The Kier molecular flexibility index (Phi) is 44.8. The smallest absolute Gasteiger partial charge is 0.457 e. The third-order valence-corrected chi connectivity index (χ3v) is 11.3. The van der Waals surface area contributed by atoms with Crippen LogP contribution in [0.25, 0.3) is 0 Å². The number of esters is 1. The molecule has 0 aromatic heterocycles. The third kappa shape index (κ3) is 45.7. The number of rotatable bonds is 46. The molecule has 2 unspecified atom stereocenters. The molecule has 0 bridgehead atoms. The van der Waals surface area contributed by atoms with Crippen molar-refractivity contribution in [2.75, 3.05) is 33.0 Å². The normalized spacial score (nSPS) is 13.7. The van der Waals surface area contributed by atoms with Gasteiger partial charge in [0.25, 0.3) is 0 Å². The number of unbranched alkanes of at least 4 members (excludes halogenated alkanes) is 27. The maximum Gasteiger partial charge on any atom is 0.472 e. The quantitative estimate of drug-likeness (QED) is 0.0270. The van der Waals surface area contributed by atoms with E-state index >= 15 is 0 Å². The number of carbonyl (C=O) groups is 1. The van der Waals surface area contributed by atoms with Gasteiger partial charge in [-0.25, -0.2) is 4.57 Å². The van der Waals surface area contributed by atoms with Gasteiger partial charge < -0.3 is 20.1 Å². The molecule has 0 aromatic carbocycles. The fraction of sp³-hybridized carbons (Fsp3) is 0.854. The van der Waals surface area contributed by atoms with Crippen LogP contribution >= 0.6 is 7.82 Å². The fourth-order valence-corrected chi connectivity index (χ4v) is 7.60. The number of carbonyl (C=O) groups excluding carboxylic acids is 1. The Morgan fingerprint density at radius 3 is 1.47 bits per heavy atom. The summed E-state index contributed by atoms with van der Waals surface area (Å²) in [7, 11) is -4.28. The molecular formula is C48H92NO7P. The minimum absolute atomic E-state index is 0.0959. The molecule has 2 atom stereocenters. The van der Waals surface area contributed by atoms with E-state index < -0.39 is 13.9 Å². The van der Waals surface area contributed by atoms with Crippen LogP contribution in [0.1, 0.15) is 226 Å². The van der Waals surface area contributed by atoms with Gasteiger partial charge in [0.15, 0.2) is 0 Å². The van der Waals surface area contributed by atoms with Gasteiger partial charge in [-0.2, -0.15) is 0 Å². The molecule has 0 saturated carbocycles. The largest absolute Gasteiger partial charge is 0.472 e. The topological polar surface area (TPSA) is 117 Å². The first-order chi connectivity index (χ1) is 27.9.